The first-order valence-electron chi connectivity index (χ1n) is 15.4. The second-order valence-corrected chi connectivity index (χ2v) is 13.6. The number of thioether (sulfide) groups is 1. The molecule has 1 aromatic carbocycles. The summed E-state index contributed by atoms with van der Waals surface area (Å²) in [6.07, 6.45) is 3.08. The first-order chi connectivity index (χ1) is 22.4. The minimum atomic E-state index is -0.888. The number of rotatable bonds is 9. The number of alkyl carbamates (subject to hydrolysis) is 1. The van der Waals surface area contributed by atoms with Crippen molar-refractivity contribution in [2.24, 2.45) is 0 Å². The first kappa shape index (κ1) is 33.9. The van der Waals surface area contributed by atoms with Crippen LogP contribution in [0.15, 0.2) is 59.8 Å². The van der Waals surface area contributed by atoms with Gasteiger partial charge in [-0.05, 0) is 63.0 Å². The molecule has 1 unspecified atom stereocenters. The molecule has 4 amide bonds. The van der Waals surface area contributed by atoms with Gasteiger partial charge in [0.05, 0.1) is 13.2 Å². The maximum atomic E-state index is 13.7. The van der Waals surface area contributed by atoms with E-state index in [1.807, 2.05) is 0 Å². The molecule has 252 valence electrons. The molecule has 3 saturated heterocycles. The Morgan fingerprint density at radius 3 is 2.53 bits per heavy atom. The average Bonchev–Trinajstić information content (AvgIpc) is 3.67. The van der Waals surface area contributed by atoms with Crippen LogP contribution >= 0.6 is 11.8 Å². The summed E-state index contributed by atoms with van der Waals surface area (Å²) in [5, 5.41) is 2.07. The number of hydrogen-bond donors (Lipinski definition) is 1. The molecule has 3 fully saturated rings. The summed E-state index contributed by atoms with van der Waals surface area (Å²) < 4.78 is 21.3. The van der Waals surface area contributed by atoms with Gasteiger partial charge in [0.1, 0.15) is 41.7 Å². The number of esters is 1. The highest BCUT2D eigenvalue weighted by Crippen LogP contribution is 2.42. The van der Waals surface area contributed by atoms with Crippen LogP contribution in [-0.2, 0) is 35.2 Å². The fraction of sp³-hybridized carbons (Fsp3) is 0.485. The van der Waals surface area contributed by atoms with Gasteiger partial charge in [0, 0.05) is 31.0 Å². The molecule has 47 heavy (non-hydrogen) atoms. The average molecular weight is 669 g/mol. The summed E-state index contributed by atoms with van der Waals surface area (Å²) in [5.41, 5.74) is 1.01. The van der Waals surface area contributed by atoms with E-state index in [0.717, 1.165) is 5.56 Å². The molecule has 0 bridgehead atoms. The number of ether oxygens (including phenoxy) is 4. The minimum Gasteiger partial charge on any atom is -0.497 e. The molecule has 4 aliphatic heterocycles. The molecule has 1 aromatic rings. The largest absolute Gasteiger partial charge is 0.497 e. The smallest absolute Gasteiger partial charge is 0.410 e. The van der Waals surface area contributed by atoms with Crippen LogP contribution in [-0.4, -0.2) is 107 Å². The van der Waals surface area contributed by atoms with Crippen molar-refractivity contribution in [3.8, 4) is 5.75 Å². The third-order valence-corrected chi connectivity index (χ3v) is 9.39. The molecule has 4 aliphatic rings. The van der Waals surface area contributed by atoms with Crippen LogP contribution < -0.4 is 10.1 Å². The number of allylic oxidation sites excluding steroid dienone is 1. The number of β-lactam (4-membered cyclic amide) rings is 1. The van der Waals surface area contributed by atoms with Crippen molar-refractivity contribution in [1.82, 2.24) is 20.0 Å². The molecule has 0 aromatic heterocycles. The summed E-state index contributed by atoms with van der Waals surface area (Å²) in [6, 6.07) is 6.00. The van der Waals surface area contributed by atoms with Gasteiger partial charge in [-0.15, -0.1) is 11.8 Å². The van der Waals surface area contributed by atoms with E-state index in [9.17, 15) is 24.0 Å². The van der Waals surface area contributed by atoms with Crippen LogP contribution in [0.1, 0.15) is 39.2 Å². The number of nitrogens with zero attached hydrogens (tertiary/aromatic N) is 3. The predicted octanol–water partition coefficient (Wildman–Crippen LogP) is 3.36. The first-order valence-corrected chi connectivity index (χ1v) is 16.5. The molecule has 3 atom stereocenters. The van der Waals surface area contributed by atoms with Gasteiger partial charge in [0.25, 0.3) is 5.91 Å². The van der Waals surface area contributed by atoms with Crippen LogP contribution in [0.25, 0.3) is 0 Å². The SMILES string of the molecule is C=CCOC(=O)N1CCC(N2CC/C(=C/C3=C(C(=O)OCc4ccc(OC)cc4)N4C(=O)[C@@H](NC(=O)OC(C)(C)C)[C@H]4SC3)C2=O)C1. The Labute approximate surface area is 277 Å². The summed E-state index contributed by atoms with van der Waals surface area (Å²) in [7, 11) is 1.56. The summed E-state index contributed by atoms with van der Waals surface area (Å²) in [4.78, 5) is 70.1. The van der Waals surface area contributed by atoms with E-state index >= 15 is 0 Å². The number of likely N-dealkylation sites (tertiary alicyclic amines) is 2. The van der Waals surface area contributed by atoms with Crippen molar-refractivity contribution in [3.05, 3.63) is 65.4 Å². The van der Waals surface area contributed by atoms with Gasteiger partial charge >= 0.3 is 18.2 Å². The zero-order valence-electron chi connectivity index (χ0n) is 27.0. The predicted molar refractivity (Wildman–Crippen MR) is 172 cm³/mol. The number of carbonyl (C=O) groups excluding carboxylic acids is 5. The number of nitrogens with one attached hydrogen (secondary N) is 1. The van der Waals surface area contributed by atoms with Crippen LogP contribution in [0.4, 0.5) is 9.59 Å². The van der Waals surface area contributed by atoms with E-state index in [1.165, 1.54) is 22.7 Å². The van der Waals surface area contributed by atoms with Crippen molar-refractivity contribution >= 4 is 41.7 Å². The van der Waals surface area contributed by atoms with E-state index in [0.29, 0.717) is 55.1 Å². The minimum absolute atomic E-state index is 0.0459. The van der Waals surface area contributed by atoms with Gasteiger partial charge in [-0.3, -0.25) is 14.5 Å². The number of amides is 4. The second-order valence-electron chi connectivity index (χ2n) is 12.5. The van der Waals surface area contributed by atoms with Gasteiger partial charge in [-0.1, -0.05) is 24.8 Å². The van der Waals surface area contributed by atoms with Gasteiger partial charge in [0.2, 0.25) is 5.91 Å². The van der Waals surface area contributed by atoms with E-state index < -0.39 is 41.1 Å². The molecular weight excluding hydrogens is 628 g/mol. The van der Waals surface area contributed by atoms with Crippen molar-refractivity contribution in [2.75, 3.05) is 39.1 Å². The topological polar surface area (TPSA) is 144 Å². The Morgan fingerprint density at radius 1 is 1.11 bits per heavy atom. The Kier molecular flexibility index (Phi) is 10.2. The molecule has 0 radical (unpaired) electrons. The molecule has 4 heterocycles. The zero-order valence-corrected chi connectivity index (χ0v) is 27.8. The van der Waals surface area contributed by atoms with E-state index in [2.05, 4.69) is 11.9 Å². The maximum absolute atomic E-state index is 13.7. The van der Waals surface area contributed by atoms with Crippen molar-refractivity contribution in [3.63, 3.8) is 0 Å². The molecule has 0 saturated carbocycles. The molecule has 0 spiro atoms. The third kappa shape index (κ3) is 7.58. The molecule has 13 nitrogen and oxygen atoms in total. The van der Waals surface area contributed by atoms with Crippen molar-refractivity contribution < 1.29 is 42.9 Å². The highest BCUT2D eigenvalue weighted by molar-refractivity contribution is 8.00. The maximum Gasteiger partial charge on any atom is 0.410 e. The lowest BCUT2D eigenvalue weighted by Gasteiger charge is -2.49. The fourth-order valence-electron chi connectivity index (χ4n) is 5.83. The lowest BCUT2D eigenvalue weighted by Crippen LogP contribution is -2.70. The van der Waals surface area contributed by atoms with Crippen molar-refractivity contribution in [1.29, 1.82) is 0 Å². The number of carbonyl (C=O) groups is 5. The zero-order chi connectivity index (χ0) is 33.9. The quantitative estimate of drug-likeness (QED) is 0.137. The van der Waals surface area contributed by atoms with E-state index in [-0.39, 0.29) is 30.9 Å². The molecule has 1 N–H and O–H groups in total. The summed E-state index contributed by atoms with van der Waals surface area (Å²) in [6.45, 7) is 10.1. The standard InChI is InChI=1S/C33H40N4O9S/c1-6-15-44-32(42)35-13-12-23(17-35)36-14-11-21(27(36)38)16-22-19-47-29-25(34-31(41)46-33(2,3)4)28(39)37(29)26(22)30(40)45-18-20-7-9-24(43-5)10-8-20/h6-10,16,23,25,29H,1,11-15,17-19H2,2-5H3,(H,34,41)/b21-16-/t23?,25-,29-/m1/s1. The number of fused-ring (bicyclic) bond motifs is 1. The van der Waals surface area contributed by atoms with Crippen LogP contribution in [0, 0.1) is 0 Å². The van der Waals surface area contributed by atoms with Gasteiger partial charge < -0.3 is 34.1 Å². The Morgan fingerprint density at radius 2 is 1.85 bits per heavy atom. The lowest BCUT2D eigenvalue weighted by atomic mass is 10.0. The van der Waals surface area contributed by atoms with Gasteiger partial charge in [-0.2, -0.15) is 0 Å². The Hall–Kier alpha value is -4.46. The Balaban J connectivity index is 1.34. The molecule has 5 rings (SSSR count). The molecule has 0 aliphatic carbocycles. The lowest BCUT2D eigenvalue weighted by molar-refractivity contribution is -0.152. The van der Waals surface area contributed by atoms with Crippen LogP contribution in [0.5, 0.6) is 5.75 Å². The Bertz CT molecular complexity index is 1500. The van der Waals surface area contributed by atoms with Crippen molar-refractivity contribution in [2.45, 2.75) is 63.3 Å². The molecule has 14 heteroatoms. The highest BCUT2D eigenvalue weighted by Gasteiger charge is 2.55. The van der Waals surface area contributed by atoms with Gasteiger partial charge in [-0.25, -0.2) is 14.4 Å². The number of hydrogen-bond acceptors (Lipinski definition) is 10. The normalized spacial score (nSPS) is 23.4. The van der Waals surface area contributed by atoms with Gasteiger partial charge in [0.15, 0.2) is 0 Å². The molecular formula is C33H40N4O9S. The van der Waals surface area contributed by atoms with E-state index in [4.69, 9.17) is 18.9 Å². The second kappa shape index (κ2) is 14.1. The van der Waals surface area contributed by atoms with E-state index in [1.54, 1.807) is 68.0 Å². The number of benzene rings is 1. The summed E-state index contributed by atoms with van der Waals surface area (Å²) >= 11 is 1.37. The van der Waals surface area contributed by atoms with Crippen LogP contribution in [0.3, 0.4) is 0 Å². The fourth-order valence-corrected chi connectivity index (χ4v) is 7.13. The monoisotopic (exact) mass is 668 g/mol. The summed E-state index contributed by atoms with van der Waals surface area (Å²) in [5.74, 6) is -0.409. The highest BCUT2D eigenvalue weighted by atomic mass is 32.2. The number of methoxy groups -OCH3 is 1. The van der Waals surface area contributed by atoms with Crippen LogP contribution in [0.2, 0.25) is 0 Å². The third-order valence-electron chi connectivity index (χ3n) is 8.09.